The lowest BCUT2D eigenvalue weighted by molar-refractivity contribution is -0.126. The molecule has 0 spiro atoms. The Balaban J connectivity index is 1.32. The largest absolute Gasteiger partial charge is 0.508 e. The topological polar surface area (TPSA) is 95.0 Å². The number of carbonyl (C=O) groups excluding carboxylic acids is 4. The number of nitrogens with zero attached hydrogens (tertiary/aromatic N) is 2. The number of aryl methyl sites for hydroxylation is 2. The number of anilines is 2. The van der Waals surface area contributed by atoms with Crippen molar-refractivity contribution in [2.45, 2.75) is 45.4 Å². The number of fused-ring (bicyclic) bond motifs is 4. The Morgan fingerprint density at radius 3 is 1.82 bits per heavy atom. The van der Waals surface area contributed by atoms with Crippen LogP contribution in [0.5, 0.6) is 5.75 Å². The van der Waals surface area contributed by atoms with Gasteiger partial charge in [0.05, 0.1) is 35.0 Å². The molecular formula is C36H33ClN2O5. The highest BCUT2D eigenvalue weighted by atomic mass is 35.5. The fourth-order valence-corrected chi connectivity index (χ4v) is 8.16. The lowest BCUT2D eigenvalue weighted by atomic mass is 9.57. The number of benzene rings is 3. The van der Waals surface area contributed by atoms with Gasteiger partial charge in [0.25, 0.3) is 0 Å². The van der Waals surface area contributed by atoms with Gasteiger partial charge in [0.15, 0.2) is 0 Å². The van der Waals surface area contributed by atoms with Crippen LogP contribution in [-0.4, -0.2) is 28.7 Å². The average Bonchev–Trinajstić information content (AvgIpc) is 3.45. The number of phenols is 1. The number of hydrogen-bond donors (Lipinski definition) is 1. The molecule has 2 saturated heterocycles. The van der Waals surface area contributed by atoms with Gasteiger partial charge in [-0.15, -0.1) is 0 Å². The van der Waals surface area contributed by atoms with Gasteiger partial charge in [0.2, 0.25) is 23.6 Å². The first kappa shape index (κ1) is 28.5. The van der Waals surface area contributed by atoms with Gasteiger partial charge in [-0.05, 0) is 85.2 Å². The molecule has 2 aliphatic heterocycles. The summed E-state index contributed by atoms with van der Waals surface area (Å²) in [5, 5.41) is 11.5. The third-order valence-electron chi connectivity index (χ3n) is 10.2. The van der Waals surface area contributed by atoms with E-state index < -0.39 is 35.5 Å². The number of allylic oxidation sites excluding steroid dienone is 2. The monoisotopic (exact) mass is 608 g/mol. The molecule has 1 saturated carbocycles. The van der Waals surface area contributed by atoms with Crippen LogP contribution in [0.2, 0.25) is 5.02 Å². The summed E-state index contributed by atoms with van der Waals surface area (Å²) in [4.78, 5) is 58.8. The minimum absolute atomic E-state index is 0.0284. The molecule has 2 aliphatic carbocycles. The van der Waals surface area contributed by atoms with Crippen molar-refractivity contribution >= 4 is 46.6 Å². The van der Waals surface area contributed by atoms with Crippen molar-refractivity contribution in [2.75, 3.05) is 9.80 Å². The van der Waals surface area contributed by atoms with Crippen LogP contribution in [0.4, 0.5) is 11.4 Å². The zero-order chi connectivity index (χ0) is 30.9. The van der Waals surface area contributed by atoms with Gasteiger partial charge in [0, 0.05) is 16.5 Å². The van der Waals surface area contributed by atoms with E-state index >= 15 is 0 Å². The summed E-state index contributed by atoms with van der Waals surface area (Å²) in [5.74, 6) is -5.05. The summed E-state index contributed by atoms with van der Waals surface area (Å²) >= 11 is 6.41. The normalized spacial score (nSPS) is 27.8. The maximum atomic E-state index is 14.2. The number of carbonyl (C=O) groups is 4. The molecule has 8 heteroatoms. The Morgan fingerprint density at radius 1 is 0.705 bits per heavy atom. The lowest BCUT2D eigenvalue weighted by Gasteiger charge is -2.44. The molecule has 224 valence electrons. The number of aromatic hydroxyl groups is 1. The highest BCUT2D eigenvalue weighted by molar-refractivity contribution is 6.30. The summed E-state index contributed by atoms with van der Waals surface area (Å²) in [6, 6.07) is 19.6. The Morgan fingerprint density at radius 2 is 1.25 bits per heavy atom. The molecule has 0 bridgehead atoms. The van der Waals surface area contributed by atoms with E-state index in [2.05, 4.69) is 0 Å². The van der Waals surface area contributed by atoms with Gasteiger partial charge in [-0.25, -0.2) is 0 Å². The van der Waals surface area contributed by atoms with Crippen LogP contribution < -0.4 is 9.80 Å². The van der Waals surface area contributed by atoms with Gasteiger partial charge < -0.3 is 5.11 Å². The molecule has 0 radical (unpaired) electrons. The van der Waals surface area contributed by atoms with Crippen molar-refractivity contribution in [1.82, 2.24) is 0 Å². The molecule has 0 aromatic heterocycles. The first-order valence-electron chi connectivity index (χ1n) is 15.3. The summed E-state index contributed by atoms with van der Waals surface area (Å²) < 4.78 is 0. The Hall–Kier alpha value is -4.23. The SMILES string of the molecule is CCc1ccc(N2C(=O)[C@H]3[C@H](CC=C4[C@H]3C[C@H]3C(=O)N(c5ccc(CC)cc5)C(=O)[C@H]3[C@H]4c3cc(Cl)ccc3O)C2=O)cc1. The van der Waals surface area contributed by atoms with Crippen molar-refractivity contribution < 1.29 is 24.3 Å². The number of hydrogen-bond acceptors (Lipinski definition) is 5. The van der Waals surface area contributed by atoms with Crippen molar-refractivity contribution in [3.63, 3.8) is 0 Å². The van der Waals surface area contributed by atoms with Crippen molar-refractivity contribution in [2.24, 2.45) is 29.6 Å². The van der Waals surface area contributed by atoms with E-state index in [1.807, 2.05) is 56.3 Å². The van der Waals surface area contributed by atoms with Crippen LogP contribution >= 0.6 is 11.6 Å². The second-order valence-corrected chi connectivity index (χ2v) is 12.7. The van der Waals surface area contributed by atoms with Crippen LogP contribution in [0.1, 0.15) is 49.3 Å². The maximum Gasteiger partial charge on any atom is 0.238 e. The van der Waals surface area contributed by atoms with Crippen LogP contribution in [0.15, 0.2) is 78.4 Å². The lowest BCUT2D eigenvalue weighted by Crippen LogP contribution is -2.43. The van der Waals surface area contributed by atoms with Gasteiger partial charge in [0.1, 0.15) is 5.75 Å². The highest BCUT2D eigenvalue weighted by Crippen LogP contribution is 2.59. The van der Waals surface area contributed by atoms with E-state index in [0.29, 0.717) is 28.4 Å². The van der Waals surface area contributed by atoms with Gasteiger partial charge >= 0.3 is 0 Å². The number of halogens is 1. The number of imide groups is 2. The van der Waals surface area contributed by atoms with Crippen LogP contribution in [0.3, 0.4) is 0 Å². The predicted molar refractivity (Wildman–Crippen MR) is 167 cm³/mol. The molecule has 3 aromatic rings. The molecule has 7 rings (SSSR count). The van der Waals surface area contributed by atoms with E-state index in [4.69, 9.17) is 11.6 Å². The third kappa shape index (κ3) is 4.24. The minimum Gasteiger partial charge on any atom is -0.508 e. The van der Waals surface area contributed by atoms with E-state index in [0.717, 1.165) is 29.5 Å². The first-order valence-corrected chi connectivity index (χ1v) is 15.7. The first-order chi connectivity index (χ1) is 21.2. The predicted octanol–water partition coefficient (Wildman–Crippen LogP) is 6.22. The third-order valence-corrected chi connectivity index (χ3v) is 10.4. The van der Waals surface area contributed by atoms with Gasteiger partial charge in [-0.1, -0.05) is 61.4 Å². The summed E-state index contributed by atoms with van der Waals surface area (Å²) in [5.41, 5.74) is 4.51. The standard InChI is InChI=1S/C36H33ClN2O5/c1-3-19-5-10-22(11-6-19)38-33(41)25-15-14-24-26(31(25)35(38)43)18-28-32(30(24)27-17-21(37)9-16-29(27)40)36(44)39(34(28)42)23-12-7-20(4-2)8-13-23/h5-14,16-17,25-26,28,30-32,40H,3-4,15,18H2,1-2H3/t25-,26+,28+,30+,31-,32+/m0/s1. The second kappa shape index (κ2) is 10.7. The van der Waals surface area contributed by atoms with Crippen molar-refractivity contribution in [1.29, 1.82) is 0 Å². The van der Waals surface area contributed by atoms with Gasteiger partial charge in [-0.2, -0.15) is 0 Å². The quantitative estimate of drug-likeness (QED) is 0.274. The molecular weight excluding hydrogens is 576 g/mol. The Kier molecular flexibility index (Phi) is 6.96. The Bertz CT molecular complexity index is 1730. The smallest absolute Gasteiger partial charge is 0.238 e. The minimum atomic E-state index is -0.776. The fourth-order valence-electron chi connectivity index (χ4n) is 7.98. The number of rotatable bonds is 5. The average molecular weight is 609 g/mol. The number of phenolic OH excluding ortho intramolecular Hbond substituents is 1. The highest BCUT2D eigenvalue weighted by Gasteiger charge is 2.62. The van der Waals surface area contributed by atoms with E-state index in [1.54, 1.807) is 24.3 Å². The van der Waals surface area contributed by atoms with E-state index in [-0.39, 0.29) is 35.8 Å². The molecule has 0 unspecified atom stereocenters. The molecule has 6 atom stereocenters. The van der Waals surface area contributed by atoms with Crippen molar-refractivity contribution in [3.05, 3.63) is 100 Å². The zero-order valence-corrected chi connectivity index (χ0v) is 25.3. The Labute approximate surface area is 261 Å². The molecule has 4 amide bonds. The van der Waals surface area contributed by atoms with E-state index in [9.17, 15) is 24.3 Å². The second-order valence-electron chi connectivity index (χ2n) is 12.3. The molecule has 2 heterocycles. The van der Waals surface area contributed by atoms with Crippen LogP contribution in [-0.2, 0) is 32.0 Å². The van der Waals surface area contributed by atoms with Crippen LogP contribution in [0.25, 0.3) is 0 Å². The summed E-state index contributed by atoms with van der Waals surface area (Å²) in [7, 11) is 0. The molecule has 1 N–H and O–H groups in total. The van der Waals surface area contributed by atoms with Gasteiger partial charge in [-0.3, -0.25) is 29.0 Å². The summed E-state index contributed by atoms with van der Waals surface area (Å²) in [6.07, 6.45) is 4.25. The van der Waals surface area contributed by atoms with Crippen molar-refractivity contribution in [3.8, 4) is 5.75 Å². The number of amides is 4. The van der Waals surface area contributed by atoms with Crippen LogP contribution in [0, 0.1) is 29.6 Å². The maximum absolute atomic E-state index is 14.2. The molecule has 4 aliphatic rings. The summed E-state index contributed by atoms with van der Waals surface area (Å²) in [6.45, 7) is 4.08. The molecule has 3 fully saturated rings. The van der Waals surface area contributed by atoms with E-state index in [1.165, 1.54) is 15.9 Å². The molecule has 44 heavy (non-hydrogen) atoms. The molecule has 7 nitrogen and oxygen atoms in total. The zero-order valence-electron chi connectivity index (χ0n) is 24.6. The molecule has 3 aromatic carbocycles. The fraction of sp³-hybridized carbons (Fsp3) is 0.333.